The van der Waals surface area contributed by atoms with Gasteiger partial charge in [-0.1, -0.05) is 0 Å². The van der Waals surface area contributed by atoms with Crippen LogP contribution in [-0.4, -0.2) is 42.3 Å². The van der Waals surface area contributed by atoms with E-state index in [-0.39, 0.29) is 0 Å². The topological polar surface area (TPSA) is 34.6 Å². The number of halogens is 1. The Morgan fingerprint density at radius 3 is 2.20 bits per heavy atom. The summed E-state index contributed by atoms with van der Waals surface area (Å²) in [5.41, 5.74) is 0.438. The van der Waals surface area contributed by atoms with Gasteiger partial charge in [0.25, 0.3) is 0 Å². The van der Waals surface area contributed by atoms with Crippen molar-refractivity contribution in [3.05, 3.63) is 23.6 Å². The molecule has 20 heavy (non-hydrogen) atoms. The van der Waals surface area contributed by atoms with Crippen LogP contribution in [0.4, 0.5) is 4.39 Å². The van der Waals surface area contributed by atoms with Gasteiger partial charge in [-0.15, -0.1) is 0 Å². The maximum Gasteiger partial charge on any atom is 0.514 e. The minimum atomic E-state index is -0.628. The van der Waals surface area contributed by atoms with E-state index in [0.29, 0.717) is 12.1 Å². The van der Waals surface area contributed by atoms with Gasteiger partial charge >= 0.3 is 7.12 Å². The van der Waals surface area contributed by atoms with E-state index >= 15 is 0 Å². The molecule has 2 heterocycles. The van der Waals surface area contributed by atoms with Crippen molar-refractivity contribution in [2.24, 2.45) is 0 Å². The van der Waals surface area contributed by atoms with Crippen molar-refractivity contribution >= 4 is 12.7 Å². The van der Waals surface area contributed by atoms with Crippen molar-refractivity contribution < 1.29 is 13.7 Å². The Kier molecular flexibility index (Phi) is 3.93. The van der Waals surface area contributed by atoms with Gasteiger partial charge in [0, 0.05) is 6.54 Å². The van der Waals surface area contributed by atoms with Gasteiger partial charge in [-0.3, -0.25) is 0 Å². The average molecular weight is 280 g/mol. The van der Waals surface area contributed by atoms with Gasteiger partial charge in [0.05, 0.1) is 16.8 Å². The second kappa shape index (κ2) is 5.09. The lowest BCUT2D eigenvalue weighted by Gasteiger charge is -2.32. The summed E-state index contributed by atoms with van der Waals surface area (Å²) in [4.78, 5) is 5.89. The zero-order valence-corrected chi connectivity index (χ0v) is 13.0. The molecule has 0 saturated carbocycles. The molecule has 110 valence electrons. The highest BCUT2D eigenvalue weighted by atomic mass is 19.1. The first-order valence-corrected chi connectivity index (χ1v) is 6.77. The van der Waals surface area contributed by atoms with Crippen LogP contribution in [0.1, 0.15) is 33.3 Å². The minimum Gasteiger partial charge on any atom is -0.398 e. The molecule has 1 fully saturated rings. The third-order valence-electron chi connectivity index (χ3n) is 3.87. The van der Waals surface area contributed by atoms with Gasteiger partial charge in [-0.25, -0.2) is 4.98 Å². The molecular weight excluding hydrogens is 258 g/mol. The first-order valence-electron chi connectivity index (χ1n) is 6.77. The number of pyridine rings is 1. The summed E-state index contributed by atoms with van der Waals surface area (Å²) in [7, 11) is 3.25. The molecule has 4 nitrogen and oxygen atoms in total. The van der Waals surface area contributed by atoms with Crippen LogP contribution in [0.2, 0.25) is 0 Å². The van der Waals surface area contributed by atoms with Gasteiger partial charge in [-0.05, 0) is 59.5 Å². The molecule has 0 atom stereocenters. The predicted molar refractivity (Wildman–Crippen MR) is 77.3 cm³/mol. The first kappa shape index (κ1) is 15.4. The van der Waals surface area contributed by atoms with Gasteiger partial charge in [0.15, 0.2) is 0 Å². The molecular formula is C14H22BFN2O2. The fraction of sp³-hybridized carbons (Fsp3) is 0.643. The molecule has 0 N–H and O–H groups in total. The van der Waals surface area contributed by atoms with Crippen molar-refractivity contribution in [2.45, 2.75) is 45.4 Å². The van der Waals surface area contributed by atoms with Crippen LogP contribution in [0.15, 0.2) is 12.1 Å². The molecule has 1 aliphatic rings. The van der Waals surface area contributed by atoms with E-state index in [1.165, 1.54) is 6.07 Å². The third kappa shape index (κ3) is 3.02. The molecule has 0 amide bonds. The maximum atomic E-state index is 13.7. The summed E-state index contributed by atoms with van der Waals surface area (Å²) in [5.74, 6) is -0.505. The third-order valence-corrected chi connectivity index (χ3v) is 3.87. The van der Waals surface area contributed by atoms with Crippen LogP contribution in [0, 0.1) is 5.95 Å². The van der Waals surface area contributed by atoms with E-state index in [9.17, 15) is 4.39 Å². The number of aromatic nitrogens is 1. The summed E-state index contributed by atoms with van der Waals surface area (Å²) in [6.45, 7) is 8.51. The SMILES string of the molecule is CN(C)Cc1cc(F)nc(B2OC(C)(C)C(C)(C)O2)c1. The zero-order valence-electron chi connectivity index (χ0n) is 13.0. The highest BCUT2D eigenvalue weighted by Gasteiger charge is 2.52. The van der Waals surface area contributed by atoms with E-state index in [1.807, 2.05) is 52.8 Å². The second-order valence-electron chi connectivity index (χ2n) is 6.55. The van der Waals surface area contributed by atoms with E-state index in [4.69, 9.17) is 9.31 Å². The summed E-state index contributed by atoms with van der Waals surface area (Å²) >= 11 is 0. The molecule has 6 heteroatoms. The summed E-state index contributed by atoms with van der Waals surface area (Å²) in [6, 6.07) is 3.28. The zero-order chi connectivity index (χ0) is 15.1. The molecule has 1 aromatic rings. The molecule has 0 radical (unpaired) electrons. The summed E-state index contributed by atoms with van der Waals surface area (Å²) in [5, 5.41) is 0. The fourth-order valence-corrected chi connectivity index (χ4v) is 2.11. The Morgan fingerprint density at radius 1 is 1.15 bits per heavy atom. The first-order chi connectivity index (χ1) is 9.10. The second-order valence-corrected chi connectivity index (χ2v) is 6.55. The van der Waals surface area contributed by atoms with Crippen molar-refractivity contribution in [2.75, 3.05) is 14.1 Å². The Labute approximate surface area is 120 Å². The fourth-order valence-electron chi connectivity index (χ4n) is 2.11. The van der Waals surface area contributed by atoms with E-state index < -0.39 is 24.3 Å². The van der Waals surface area contributed by atoms with Crippen LogP contribution in [0.25, 0.3) is 0 Å². The largest absolute Gasteiger partial charge is 0.514 e. The number of hydrogen-bond acceptors (Lipinski definition) is 4. The number of hydrogen-bond donors (Lipinski definition) is 0. The Bertz CT molecular complexity index is 490. The van der Waals surface area contributed by atoms with Crippen molar-refractivity contribution in [3.8, 4) is 0 Å². The van der Waals surface area contributed by atoms with E-state index in [0.717, 1.165) is 5.56 Å². The Balaban J connectivity index is 2.28. The molecule has 1 aromatic heterocycles. The minimum absolute atomic E-state index is 0.451. The van der Waals surface area contributed by atoms with Crippen LogP contribution in [0.3, 0.4) is 0 Å². The molecule has 2 rings (SSSR count). The highest BCUT2D eigenvalue weighted by molar-refractivity contribution is 6.61. The lowest BCUT2D eigenvalue weighted by molar-refractivity contribution is 0.00578. The monoisotopic (exact) mass is 280 g/mol. The van der Waals surface area contributed by atoms with Gasteiger partial charge in [-0.2, -0.15) is 4.39 Å². The van der Waals surface area contributed by atoms with Crippen molar-refractivity contribution in [3.63, 3.8) is 0 Å². The highest BCUT2D eigenvalue weighted by Crippen LogP contribution is 2.36. The van der Waals surface area contributed by atoms with Crippen molar-refractivity contribution in [1.82, 2.24) is 9.88 Å². The Morgan fingerprint density at radius 2 is 1.70 bits per heavy atom. The molecule has 1 saturated heterocycles. The van der Waals surface area contributed by atoms with Gasteiger partial charge in [0.2, 0.25) is 5.95 Å². The smallest absolute Gasteiger partial charge is 0.398 e. The predicted octanol–water partition coefficient (Wildman–Crippen LogP) is 1.58. The maximum absolute atomic E-state index is 13.7. The molecule has 0 spiro atoms. The standard InChI is InChI=1S/C14H22BFN2O2/c1-13(2)14(3,4)20-15(19-13)11-7-10(9-18(5)6)8-12(16)17-11/h7-8H,9H2,1-6H3. The number of rotatable bonds is 3. The van der Waals surface area contributed by atoms with Crippen LogP contribution < -0.4 is 5.59 Å². The molecule has 0 unspecified atom stereocenters. The lowest BCUT2D eigenvalue weighted by Crippen LogP contribution is -2.41. The van der Waals surface area contributed by atoms with Gasteiger partial charge in [0.1, 0.15) is 0 Å². The molecule has 1 aliphatic heterocycles. The summed E-state index contributed by atoms with van der Waals surface area (Å²) < 4.78 is 25.5. The van der Waals surface area contributed by atoms with Crippen molar-refractivity contribution in [1.29, 1.82) is 0 Å². The lowest BCUT2D eigenvalue weighted by atomic mass is 9.83. The van der Waals surface area contributed by atoms with E-state index in [2.05, 4.69) is 4.98 Å². The Hall–Kier alpha value is -0.975. The van der Waals surface area contributed by atoms with E-state index in [1.54, 1.807) is 0 Å². The van der Waals surface area contributed by atoms with Crippen LogP contribution in [0.5, 0.6) is 0 Å². The average Bonchev–Trinajstić information content (AvgIpc) is 2.46. The summed E-state index contributed by atoms with van der Waals surface area (Å²) in [6.07, 6.45) is 0. The molecule has 0 bridgehead atoms. The quantitative estimate of drug-likeness (QED) is 0.622. The normalized spacial score (nSPS) is 20.7. The van der Waals surface area contributed by atoms with Gasteiger partial charge < -0.3 is 14.2 Å². The molecule has 0 aliphatic carbocycles. The number of nitrogens with zero attached hydrogens (tertiary/aromatic N) is 2. The van der Waals surface area contributed by atoms with Crippen LogP contribution >= 0.6 is 0 Å². The molecule has 0 aromatic carbocycles. The van der Waals surface area contributed by atoms with Crippen LogP contribution in [-0.2, 0) is 15.9 Å².